The fourth-order valence-corrected chi connectivity index (χ4v) is 1.84. The van der Waals surface area contributed by atoms with Crippen LogP contribution in [0.2, 0.25) is 0 Å². The average Bonchev–Trinajstić information content (AvgIpc) is 2.37. The lowest BCUT2D eigenvalue weighted by atomic mass is 10.1. The maximum atomic E-state index is 5.78. The molecule has 0 fully saturated rings. The van der Waals surface area contributed by atoms with E-state index in [0.29, 0.717) is 12.5 Å². The molecule has 0 aliphatic rings. The second-order valence-corrected chi connectivity index (χ2v) is 4.42. The lowest BCUT2D eigenvalue weighted by Crippen LogP contribution is -2.19. The number of nitrogens with one attached hydrogen (secondary N) is 1. The average molecular weight is 245 g/mol. The summed E-state index contributed by atoms with van der Waals surface area (Å²) in [4.78, 5) is 6.42. The number of nitrogens with zero attached hydrogens (tertiary/aromatic N) is 2. The number of ether oxygens (including phenoxy) is 1. The van der Waals surface area contributed by atoms with Gasteiger partial charge in [-0.3, -0.25) is 0 Å². The van der Waals surface area contributed by atoms with Gasteiger partial charge < -0.3 is 15.0 Å². The van der Waals surface area contributed by atoms with Crippen LogP contribution in [0.1, 0.15) is 0 Å². The molecular formula is C14H19N3O. The lowest BCUT2D eigenvalue weighted by molar-refractivity contribution is 0.256. The number of anilines is 1. The first kappa shape index (κ1) is 12.6. The van der Waals surface area contributed by atoms with E-state index < -0.39 is 0 Å². The van der Waals surface area contributed by atoms with Crippen molar-refractivity contribution in [2.75, 3.05) is 39.6 Å². The quantitative estimate of drug-likeness (QED) is 0.876. The Hall–Kier alpha value is -1.81. The van der Waals surface area contributed by atoms with E-state index in [1.807, 2.05) is 39.3 Å². The zero-order chi connectivity index (χ0) is 13.0. The minimum atomic E-state index is 0.636. The summed E-state index contributed by atoms with van der Waals surface area (Å²) in [5.74, 6) is 0.694. The van der Waals surface area contributed by atoms with Gasteiger partial charge in [-0.15, -0.1) is 0 Å². The summed E-state index contributed by atoms with van der Waals surface area (Å²) in [6.45, 7) is 1.51. The SMILES string of the molecule is CNc1cccc2ccnc(OCCN(C)C)c12. The minimum absolute atomic E-state index is 0.636. The maximum absolute atomic E-state index is 5.78. The highest BCUT2D eigenvalue weighted by Gasteiger charge is 2.07. The molecule has 96 valence electrons. The lowest BCUT2D eigenvalue weighted by Gasteiger charge is -2.13. The molecule has 0 amide bonds. The Balaban J connectivity index is 2.31. The molecule has 1 aromatic carbocycles. The highest BCUT2D eigenvalue weighted by molar-refractivity contribution is 5.97. The third kappa shape index (κ3) is 2.71. The van der Waals surface area contributed by atoms with Gasteiger partial charge in [0.1, 0.15) is 6.61 Å². The van der Waals surface area contributed by atoms with Crippen LogP contribution in [0, 0.1) is 0 Å². The van der Waals surface area contributed by atoms with E-state index in [1.165, 1.54) is 0 Å². The van der Waals surface area contributed by atoms with Crippen LogP contribution in [0.15, 0.2) is 30.5 Å². The summed E-state index contributed by atoms with van der Waals surface area (Å²) in [6.07, 6.45) is 1.78. The largest absolute Gasteiger partial charge is 0.476 e. The monoisotopic (exact) mass is 245 g/mol. The minimum Gasteiger partial charge on any atom is -0.476 e. The third-order valence-corrected chi connectivity index (χ3v) is 2.80. The number of hydrogen-bond donors (Lipinski definition) is 1. The topological polar surface area (TPSA) is 37.4 Å². The molecule has 0 spiro atoms. The van der Waals surface area contributed by atoms with Crippen LogP contribution in [-0.2, 0) is 0 Å². The summed E-state index contributed by atoms with van der Waals surface area (Å²) < 4.78 is 5.78. The van der Waals surface area contributed by atoms with Crippen molar-refractivity contribution in [2.45, 2.75) is 0 Å². The molecule has 18 heavy (non-hydrogen) atoms. The molecular weight excluding hydrogens is 226 g/mol. The van der Waals surface area contributed by atoms with Gasteiger partial charge in [0.2, 0.25) is 5.88 Å². The highest BCUT2D eigenvalue weighted by Crippen LogP contribution is 2.30. The first-order valence-electron chi connectivity index (χ1n) is 6.05. The Morgan fingerprint density at radius 3 is 2.83 bits per heavy atom. The third-order valence-electron chi connectivity index (χ3n) is 2.80. The number of aromatic nitrogens is 1. The van der Waals surface area contributed by atoms with Crippen molar-refractivity contribution >= 4 is 16.5 Å². The highest BCUT2D eigenvalue weighted by atomic mass is 16.5. The van der Waals surface area contributed by atoms with E-state index in [0.717, 1.165) is 23.0 Å². The molecule has 0 bridgehead atoms. The van der Waals surface area contributed by atoms with E-state index in [2.05, 4.69) is 21.3 Å². The van der Waals surface area contributed by atoms with Crippen LogP contribution >= 0.6 is 0 Å². The molecule has 0 unspecified atom stereocenters. The predicted octanol–water partition coefficient (Wildman–Crippen LogP) is 2.22. The Morgan fingerprint density at radius 2 is 2.11 bits per heavy atom. The van der Waals surface area contributed by atoms with Gasteiger partial charge in [0, 0.05) is 25.5 Å². The van der Waals surface area contributed by atoms with Crippen LogP contribution in [0.25, 0.3) is 10.8 Å². The van der Waals surface area contributed by atoms with Crippen LogP contribution in [0.3, 0.4) is 0 Å². The molecule has 1 heterocycles. The van der Waals surface area contributed by atoms with Gasteiger partial charge in [-0.25, -0.2) is 4.98 Å². The summed E-state index contributed by atoms with van der Waals surface area (Å²) in [7, 11) is 5.96. The van der Waals surface area contributed by atoms with Crippen LogP contribution in [0.4, 0.5) is 5.69 Å². The van der Waals surface area contributed by atoms with Crippen molar-refractivity contribution in [3.63, 3.8) is 0 Å². The fourth-order valence-electron chi connectivity index (χ4n) is 1.84. The van der Waals surface area contributed by atoms with Gasteiger partial charge in [0.25, 0.3) is 0 Å². The molecule has 4 heteroatoms. The molecule has 1 aromatic heterocycles. The fraction of sp³-hybridized carbons (Fsp3) is 0.357. The van der Waals surface area contributed by atoms with Crippen molar-refractivity contribution in [3.05, 3.63) is 30.5 Å². The van der Waals surface area contributed by atoms with Gasteiger partial charge in [-0.1, -0.05) is 12.1 Å². The number of rotatable bonds is 5. The summed E-state index contributed by atoms with van der Waals surface area (Å²) in [5.41, 5.74) is 1.04. The Morgan fingerprint density at radius 1 is 1.28 bits per heavy atom. The Bertz CT molecular complexity index is 520. The normalized spacial score (nSPS) is 10.9. The molecule has 0 atom stereocenters. The molecule has 0 saturated carbocycles. The molecule has 0 saturated heterocycles. The number of likely N-dealkylation sites (N-methyl/N-ethyl adjacent to an activating group) is 1. The zero-order valence-electron chi connectivity index (χ0n) is 11.1. The molecule has 0 radical (unpaired) electrons. The van der Waals surface area contributed by atoms with E-state index >= 15 is 0 Å². The van der Waals surface area contributed by atoms with E-state index in [9.17, 15) is 0 Å². The molecule has 1 N–H and O–H groups in total. The van der Waals surface area contributed by atoms with Gasteiger partial charge in [-0.2, -0.15) is 0 Å². The Kier molecular flexibility index (Phi) is 3.99. The van der Waals surface area contributed by atoms with Crippen LogP contribution in [-0.4, -0.2) is 44.2 Å². The first-order valence-corrected chi connectivity index (χ1v) is 6.05. The number of benzene rings is 1. The van der Waals surface area contributed by atoms with E-state index in [1.54, 1.807) is 6.20 Å². The van der Waals surface area contributed by atoms with Crippen LogP contribution in [0.5, 0.6) is 5.88 Å². The van der Waals surface area contributed by atoms with Crippen molar-refractivity contribution in [1.82, 2.24) is 9.88 Å². The van der Waals surface area contributed by atoms with Gasteiger partial charge in [-0.05, 0) is 31.6 Å². The van der Waals surface area contributed by atoms with Crippen molar-refractivity contribution < 1.29 is 4.74 Å². The van der Waals surface area contributed by atoms with E-state index in [-0.39, 0.29) is 0 Å². The second kappa shape index (κ2) is 5.69. The van der Waals surface area contributed by atoms with Gasteiger partial charge in [0.15, 0.2) is 0 Å². The van der Waals surface area contributed by atoms with Crippen LogP contribution < -0.4 is 10.1 Å². The smallest absolute Gasteiger partial charge is 0.223 e. The van der Waals surface area contributed by atoms with Crippen molar-refractivity contribution in [1.29, 1.82) is 0 Å². The molecule has 4 nitrogen and oxygen atoms in total. The van der Waals surface area contributed by atoms with Crippen molar-refractivity contribution in [3.8, 4) is 5.88 Å². The summed E-state index contributed by atoms with van der Waals surface area (Å²) >= 11 is 0. The Labute approximate surface area is 108 Å². The molecule has 0 aliphatic heterocycles. The number of hydrogen-bond acceptors (Lipinski definition) is 4. The summed E-state index contributed by atoms with van der Waals surface area (Å²) in [6, 6.07) is 8.12. The second-order valence-electron chi connectivity index (χ2n) is 4.42. The number of pyridine rings is 1. The first-order chi connectivity index (χ1) is 8.72. The summed E-state index contributed by atoms with van der Waals surface area (Å²) in [5, 5.41) is 5.36. The van der Waals surface area contributed by atoms with Gasteiger partial charge in [0.05, 0.1) is 5.39 Å². The molecule has 2 rings (SSSR count). The standard InChI is InChI=1S/C14H19N3O/c1-15-12-6-4-5-11-7-8-16-14(13(11)12)18-10-9-17(2)3/h4-8,15H,9-10H2,1-3H3. The van der Waals surface area contributed by atoms with Gasteiger partial charge >= 0.3 is 0 Å². The molecule has 0 aliphatic carbocycles. The van der Waals surface area contributed by atoms with Crippen molar-refractivity contribution in [2.24, 2.45) is 0 Å². The van der Waals surface area contributed by atoms with E-state index in [4.69, 9.17) is 4.74 Å². The number of fused-ring (bicyclic) bond motifs is 1. The molecule has 2 aromatic rings. The predicted molar refractivity (Wildman–Crippen MR) is 75.3 cm³/mol. The zero-order valence-corrected chi connectivity index (χ0v) is 11.1. The maximum Gasteiger partial charge on any atom is 0.223 e.